The molecule has 1 atom stereocenters. The molecule has 0 spiro atoms. The van der Waals surface area contributed by atoms with E-state index in [4.69, 9.17) is 4.74 Å². The Bertz CT molecular complexity index is 433. The van der Waals surface area contributed by atoms with Gasteiger partial charge in [0.1, 0.15) is 6.04 Å². The summed E-state index contributed by atoms with van der Waals surface area (Å²) in [5.41, 5.74) is 2.08. The molecule has 0 saturated carbocycles. The van der Waals surface area contributed by atoms with Crippen molar-refractivity contribution in [3.63, 3.8) is 0 Å². The zero-order valence-corrected chi connectivity index (χ0v) is 11.3. The van der Waals surface area contributed by atoms with Crippen LogP contribution in [-0.4, -0.2) is 42.3 Å². The van der Waals surface area contributed by atoms with Crippen molar-refractivity contribution in [3.05, 3.63) is 35.4 Å². The van der Waals surface area contributed by atoms with Crippen LogP contribution in [-0.2, 0) is 16.0 Å². The molecule has 1 aromatic carbocycles. The lowest BCUT2D eigenvalue weighted by molar-refractivity contribution is -0.144. The van der Waals surface area contributed by atoms with Gasteiger partial charge >= 0.3 is 5.97 Å². The number of hydrogen-bond acceptors (Lipinski definition) is 3. The molecule has 1 unspecified atom stereocenters. The molecule has 0 bridgehead atoms. The Kier molecular flexibility index (Phi) is 4.93. The van der Waals surface area contributed by atoms with E-state index < -0.39 is 12.0 Å². The van der Waals surface area contributed by atoms with Gasteiger partial charge in [-0.25, -0.2) is 0 Å². The minimum absolute atomic E-state index is 0.532. The summed E-state index contributed by atoms with van der Waals surface area (Å²) in [6.07, 6.45) is 1.90. The first-order chi connectivity index (χ1) is 9.24. The van der Waals surface area contributed by atoms with Gasteiger partial charge in [0.25, 0.3) is 0 Å². The Balaban J connectivity index is 2.07. The van der Waals surface area contributed by atoms with E-state index in [9.17, 15) is 9.90 Å². The van der Waals surface area contributed by atoms with Crippen molar-refractivity contribution in [2.75, 3.05) is 26.3 Å². The van der Waals surface area contributed by atoms with Crippen molar-refractivity contribution < 1.29 is 14.6 Å². The standard InChI is InChI=1S/C15H21NO3/c1-2-10-19-11-9-16-8-7-12-5-3-4-6-13(12)14(16)15(17)18/h3-6,14H,2,7-11H2,1H3,(H,17,18). The smallest absolute Gasteiger partial charge is 0.325 e. The molecule has 0 fully saturated rings. The molecule has 1 aliphatic rings. The maximum Gasteiger partial charge on any atom is 0.325 e. The molecule has 1 aromatic rings. The van der Waals surface area contributed by atoms with Crippen LogP contribution in [0.15, 0.2) is 24.3 Å². The van der Waals surface area contributed by atoms with Gasteiger partial charge in [-0.3, -0.25) is 9.69 Å². The maximum absolute atomic E-state index is 11.5. The van der Waals surface area contributed by atoms with Crippen LogP contribution in [0.4, 0.5) is 0 Å². The third-order valence-corrected chi connectivity index (χ3v) is 3.49. The predicted octanol–water partition coefficient (Wildman–Crippen LogP) is 2.10. The molecule has 1 heterocycles. The fourth-order valence-corrected chi connectivity index (χ4v) is 2.58. The van der Waals surface area contributed by atoms with Gasteiger partial charge < -0.3 is 9.84 Å². The highest BCUT2D eigenvalue weighted by atomic mass is 16.5. The van der Waals surface area contributed by atoms with Crippen LogP contribution in [0.25, 0.3) is 0 Å². The van der Waals surface area contributed by atoms with Crippen LogP contribution in [0.3, 0.4) is 0 Å². The minimum Gasteiger partial charge on any atom is -0.480 e. The SMILES string of the molecule is CCCOCCN1CCc2ccccc2C1C(=O)O. The van der Waals surface area contributed by atoms with Gasteiger partial charge in [0.05, 0.1) is 6.61 Å². The molecule has 4 heteroatoms. The Hall–Kier alpha value is -1.39. The summed E-state index contributed by atoms with van der Waals surface area (Å²) in [6.45, 7) is 4.86. The molecular formula is C15H21NO3. The van der Waals surface area contributed by atoms with Gasteiger partial charge in [-0.05, 0) is 24.0 Å². The Morgan fingerprint density at radius 2 is 2.21 bits per heavy atom. The largest absolute Gasteiger partial charge is 0.480 e. The van der Waals surface area contributed by atoms with Gasteiger partial charge in [0, 0.05) is 19.7 Å². The highest BCUT2D eigenvalue weighted by Gasteiger charge is 2.32. The Morgan fingerprint density at radius 1 is 1.42 bits per heavy atom. The summed E-state index contributed by atoms with van der Waals surface area (Å²) < 4.78 is 5.47. The molecule has 4 nitrogen and oxygen atoms in total. The third-order valence-electron chi connectivity index (χ3n) is 3.49. The van der Waals surface area contributed by atoms with Crippen LogP contribution in [0.2, 0.25) is 0 Å². The summed E-state index contributed by atoms with van der Waals surface area (Å²) in [7, 11) is 0. The lowest BCUT2D eigenvalue weighted by Gasteiger charge is -2.34. The second-order valence-electron chi connectivity index (χ2n) is 4.84. The number of nitrogens with zero attached hydrogens (tertiary/aromatic N) is 1. The van der Waals surface area contributed by atoms with Gasteiger partial charge in [-0.15, -0.1) is 0 Å². The van der Waals surface area contributed by atoms with Crippen LogP contribution >= 0.6 is 0 Å². The summed E-state index contributed by atoms with van der Waals surface area (Å²) in [6, 6.07) is 7.29. The van der Waals surface area contributed by atoms with Crippen molar-refractivity contribution in [1.82, 2.24) is 4.90 Å². The van der Waals surface area contributed by atoms with Crippen LogP contribution in [0.1, 0.15) is 30.5 Å². The number of aliphatic carboxylic acids is 1. The molecule has 104 valence electrons. The lowest BCUT2D eigenvalue weighted by Crippen LogP contribution is -2.41. The van der Waals surface area contributed by atoms with E-state index in [-0.39, 0.29) is 0 Å². The first kappa shape index (κ1) is 14.0. The van der Waals surface area contributed by atoms with Crippen molar-refractivity contribution in [3.8, 4) is 0 Å². The van der Waals surface area contributed by atoms with E-state index in [0.717, 1.165) is 37.1 Å². The topological polar surface area (TPSA) is 49.8 Å². The summed E-state index contributed by atoms with van der Waals surface area (Å²) >= 11 is 0. The van der Waals surface area contributed by atoms with E-state index in [2.05, 4.69) is 6.92 Å². The van der Waals surface area contributed by atoms with Gasteiger partial charge in [0.15, 0.2) is 0 Å². The first-order valence-corrected chi connectivity index (χ1v) is 6.86. The summed E-state index contributed by atoms with van der Waals surface area (Å²) in [4.78, 5) is 13.5. The Labute approximate surface area is 114 Å². The molecular weight excluding hydrogens is 242 g/mol. The summed E-state index contributed by atoms with van der Waals surface area (Å²) in [5, 5.41) is 9.48. The molecule has 0 aromatic heterocycles. The maximum atomic E-state index is 11.5. The Morgan fingerprint density at radius 3 is 2.95 bits per heavy atom. The second-order valence-corrected chi connectivity index (χ2v) is 4.84. The van der Waals surface area contributed by atoms with E-state index in [0.29, 0.717) is 13.2 Å². The van der Waals surface area contributed by atoms with Gasteiger partial charge in [0.2, 0.25) is 0 Å². The molecule has 1 aliphatic heterocycles. The highest BCUT2D eigenvalue weighted by Crippen LogP contribution is 2.29. The second kappa shape index (κ2) is 6.68. The van der Waals surface area contributed by atoms with E-state index in [1.54, 1.807) is 0 Å². The number of fused-ring (bicyclic) bond motifs is 1. The zero-order valence-electron chi connectivity index (χ0n) is 11.3. The molecule has 0 aliphatic carbocycles. The minimum atomic E-state index is -0.775. The van der Waals surface area contributed by atoms with E-state index >= 15 is 0 Å². The zero-order chi connectivity index (χ0) is 13.7. The number of rotatable bonds is 6. The lowest BCUT2D eigenvalue weighted by atomic mass is 9.92. The third kappa shape index (κ3) is 3.33. The molecule has 0 radical (unpaired) electrons. The average Bonchev–Trinajstić information content (AvgIpc) is 2.42. The number of ether oxygens (including phenoxy) is 1. The predicted molar refractivity (Wildman–Crippen MR) is 73.2 cm³/mol. The molecule has 2 rings (SSSR count). The van der Waals surface area contributed by atoms with Crippen molar-refractivity contribution in [2.24, 2.45) is 0 Å². The molecule has 19 heavy (non-hydrogen) atoms. The number of carboxylic acids is 1. The number of benzene rings is 1. The van der Waals surface area contributed by atoms with E-state index in [1.165, 1.54) is 0 Å². The van der Waals surface area contributed by atoms with Crippen molar-refractivity contribution in [2.45, 2.75) is 25.8 Å². The van der Waals surface area contributed by atoms with Gasteiger partial charge in [-0.1, -0.05) is 31.2 Å². The summed E-state index contributed by atoms with van der Waals surface area (Å²) in [5.74, 6) is -0.775. The fraction of sp³-hybridized carbons (Fsp3) is 0.533. The molecule has 0 saturated heterocycles. The van der Waals surface area contributed by atoms with Crippen LogP contribution in [0, 0.1) is 0 Å². The average molecular weight is 263 g/mol. The number of carboxylic acid groups (broad SMARTS) is 1. The van der Waals surface area contributed by atoms with Crippen LogP contribution in [0.5, 0.6) is 0 Å². The fourth-order valence-electron chi connectivity index (χ4n) is 2.58. The van der Waals surface area contributed by atoms with Crippen molar-refractivity contribution in [1.29, 1.82) is 0 Å². The van der Waals surface area contributed by atoms with E-state index in [1.807, 2.05) is 29.2 Å². The quantitative estimate of drug-likeness (QED) is 0.799. The molecule has 0 amide bonds. The first-order valence-electron chi connectivity index (χ1n) is 6.86. The number of hydrogen-bond donors (Lipinski definition) is 1. The monoisotopic (exact) mass is 263 g/mol. The number of carbonyl (C=O) groups is 1. The normalized spacial score (nSPS) is 19.1. The van der Waals surface area contributed by atoms with Crippen LogP contribution < -0.4 is 0 Å². The van der Waals surface area contributed by atoms with Gasteiger partial charge in [-0.2, -0.15) is 0 Å². The van der Waals surface area contributed by atoms with Crippen molar-refractivity contribution >= 4 is 5.97 Å². The molecule has 1 N–H and O–H groups in total. The highest BCUT2D eigenvalue weighted by molar-refractivity contribution is 5.76.